The highest BCUT2D eigenvalue weighted by Gasteiger charge is 2.47. The highest BCUT2D eigenvalue weighted by Crippen LogP contribution is 2.43. The number of aliphatic hydroxyl groups excluding tert-OH is 1. The number of anilines is 1. The molecule has 1 heterocycles. The van der Waals surface area contributed by atoms with Crippen LogP contribution in [0.1, 0.15) is 22.7 Å². The third kappa shape index (κ3) is 3.22. The molecule has 0 aliphatic carbocycles. The van der Waals surface area contributed by atoms with Gasteiger partial charge in [0.05, 0.1) is 11.6 Å². The fourth-order valence-corrected chi connectivity index (χ4v) is 3.57. The van der Waals surface area contributed by atoms with Gasteiger partial charge in [0.2, 0.25) is 0 Å². The highest BCUT2D eigenvalue weighted by atomic mass is 19.1. The zero-order valence-corrected chi connectivity index (χ0v) is 16.0. The van der Waals surface area contributed by atoms with E-state index < -0.39 is 23.5 Å². The second-order valence-electron chi connectivity index (χ2n) is 7.07. The van der Waals surface area contributed by atoms with Gasteiger partial charge in [0.1, 0.15) is 17.3 Å². The van der Waals surface area contributed by atoms with Crippen LogP contribution in [0.5, 0.6) is 5.75 Å². The molecule has 1 fully saturated rings. The molecule has 1 amide bonds. The first kappa shape index (κ1) is 19.4. The number of aromatic hydroxyl groups is 1. The summed E-state index contributed by atoms with van der Waals surface area (Å²) < 4.78 is 14.7. The molecule has 0 spiro atoms. The number of benzene rings is 3. The maximum Gasteiger partial charge on any atom is 0.300 e. The summed E-state index contributed by atoms with van der Waals surface area (Å²) in [5.41, 5.74) is 1.50. The zero-order valence-electron chi connectivity index (χ0n) is 16.0. The number of halogens is 1. The molecule has 0 bridgehead atoms. The van der Waals surface area contributed by atoms with E-state index in [1.54, 1.807) is 30.3 Å². The van der Waals surface area contributed by atoms with Gasteiger partial charge in [0.15, 0.2) is 0 Å². The lowest BCUT2D eigenvalue weighted by Crippen LogP contribution is -2.29. The zero-order chi connectivity index (χ0) is 21.4. The number of Topliss-reactive ketones (excluding diaryl/α,β-unsaturated/α-hetero) is 1. The Bertz CT molecular complexity index is 1170. The first-order valence-corrected chi connectivity index (χ1v) is 9.30. The number of phenolic OH excluding ortho intramolecular Hbond substituents is 1. The van der Waals surface area contributed by atoms with Gasteiger partial charge in [0.25, 0.3) is 11.7 Å². The number of rotatable bonds is 3. The molecule has 150 valence electrons. The quantitative estimate of drug-likeness (QED) is 0.384. The number of phenols is 1. The minimum Gasteiger partial charge on any atom is -0.508 e. The third-order valence-electron chi connectivity index (χ3n) is 5.10. The van der Waals surface area contributed by atoms with Crippen molar-refractivity contribution >= 4 is 23.1 Å². The van der Waals surface area contributed by atoms with Crippen molar-refractivity contribution < 1.29 is 24.2 Å². The molecule has 0 aromatic heterocycles. The molecule has 0 radical (unpaired) electrons. The maximum atomic E-state index is 14.7. The van der Waals surface area contributed by atoms with Crippen molar-refractivity contribution in [2.24, 2.45) is 0 Å². The van der Waals surface area contributed by atoms with Crippen molar-refractivity contribution in [3.05, 3.63) is 101 Å². The van der Waals surface area contributed by atoms with Gasteiger partial charge in [-0.25, -0.2) is 4.39 Å². The maximum absolute atomic E-state index is 14.7. The largest absolute Gasteiger partial charge is 0.508 e. The van der Waals surface area contributed by atoms with E-state index in [0.29, 0.717) is 11.3 Å². The molecule has 6 heteroatoms. The minimum absolute atomic E-state index is 0.0163. The Kier molecular flexibility index (Phi) is 4.83. The van der Waals surface area contributed by atoms with Crippen LogP contribution >= 0.6 is 0 Å². The molecule has 2 N–H and O–H groups in total. The van der Waals surface area contributed by atoms with E-state index >= 15 is 0 Å². The van der Waals surface area contributed by atoms with Crippen molar-refractivity contribution in [2.45, 2.75) is 13.0 Å². The molecule has 3 aromatic carbocycles. The Morgan fingerprint density at radius 3 is 2.20 bits per heavy atom. The number of hydrogen-bond acceptors (Lipinski definition) is 4. The molecule has 30 heavy (non-hydrogen) atoms. The van der Waals surface area contributed by atoms with Crippen molar-refractivity contribution in [3.8, 4) is 5.75 Å². The monoisotopic (exact) mass is 403 g/mol. The van der Waals surface area contributed by atoms with Gasteiger partial charge in [-0.3, -0.25) is 14.5 Å². The number of nitrogens with zero attached hydrogens (tertiary/aromatic N) is 1. The van der Waals surface area contributed by atoms with Crippen molar-refractivity contribution in [3.63, 3.8) is 0 Å². The summed E-state index contributed by atoms with van der Waals surface area (Å²) in [6, 6.07) is 17.1. The molecule has 4 rings (SSSR count). The molecule has 1 unspecified atom stereocenters. The van der Waals surface area contributed by atoms with Crippen LogP contribution in [-0.2, 0) is 9.59 Å². The molecular formula is C24H18FNO4. The van der Waals surface area contributed by atoms with Crippen LogP contribution in [0.2, 0.25) is 0 Å². The summed E-state index contributed by atoms with van der Waals surface area (Å²) in [4.78, 5) is 27.0. The standard InChI is InChI=1S/C24H18FNO4/c1-14-6-8-15(9-7-14)22(28)20-21(18-4-2-3-5-19(18)25)26(24(30)23(20)29)16-10-12-17(27)13-11-16/h2-13,21,27-28H,1H3. The molecule has 1 atom stereocenters. The van der Waals surface area contributed by atoms with Crippen LogP contribution in [0.4, 0.5) is 10.1 Å². The predicted octanol–water partition coefficient (Wildman–Crippen LogP) is 4.47. The number of ketones is 1. The summed E-state index contributed by atoms with van der Waals surface area (Å²) in [7, 11) is 0. The van der Waals surface area contributed by atoms with Crippen LogP contribution in [0, 0.1) is 12.7 Å². The molecule has 1 aliphatic heterocycles. The fourth-order valence-electron chi connectivity index (χ4n) is 3.57. The molecular weight excluding hydrogens is 385 g/mol. The van der Waals surface area contributed by atoms with Crippen LogP contribution in [0.25, 0.3) is 5.76 Å². The van der Waals surface area contributed by atoms with Gasteiger partial charge >= 0.3 is 0 Å². The van der Waals surface area contributed by atoms with E-state index in [1.807, 2.05) is 6.92 Å². The fraction of sp³-hybridized carbons (Fsp3) is 0.0833. The summed E-state index contributed by atoms with van der Waals surface area (Å²) in [5.74, 6) is -2.79. The second kappa shape index (κ2) is 7.48. The summed E-state index contributed by atoms with van der Waals surface area (Å²) in [6.45, 7) is 1.88. The highest BCUT2D eigenvalue weighted by molar-refractivity contribution is 6.51. The number of aliphatic hydroxyl groups is 1. The van der Waals surface area contributed by atoms with Gasteiger partial charge < -0.3 is 10.2 Å². The van der Waals surface area contributed by atoms with E-state index in [9.17, 15) is 24.2 Å². The Morgan fingerprint density at radius 2 is 1.57 bits per heavy atom. The number of hydrogen-bond donors (Lipinski definition) is 2. The van der Waals surface area contributed by atoms with E-state index in [0.717, 1.165) is 10.5 Å². The van der Waals surface area contributed by atoms with E-state index in [2.05, 4.69) is 0 Å². The van der Waals surface area contributed by atoms with Crippen LogP contribution in [0.3, 0.4) is 0 Å². The SMILES string of the molecule is Cc1ccc(C(O)=C2C(=O)C(=O)N(c3ccc(O)cc3)C2c2ccccc2F)cc1. The van der Waals surface area contributed by atoms with Crippen molar-refractivity contribution in [1.82, 2.24) is 0 Å². The van der Waals surface area contributed by atoms with Gasteiger partial charge in [-0.15, -0.1) is 0 Å². The lowest BCUT2D eigenvalue weighted by Gasteiger charge is -2.25. The van der Waals surface area contributed by atoms with Crippen molar-refractivity contribution in [1.29, 1.82) is 0 Å². The van der Waals surface area contributed by atoms with Crippen LogP contribution in [0.15, 0.2) is 78.4 Å². The van der Waals surface area contributed by atoms with Gasteiger partial charge in [-0.2, -0.15) is 0 Å². The van der Waals surface area contributed by atoms with E-state index in [4.69, 9.17) is 0 Å². The molecule has 1 saturated heterocycles. The molecule has 0 saturated carbocycles. The third-order valence-corrected chi connectivity index (χ3v) is 5.10. The first-order chi connectivity index (χ1) is 14.4. The molecule has 3 aromatic rings. The summed E-state index contributed by atoms with van der Waals surface area (Å²) in [5, 5.41) is 20.5. The topological polar surface area (TPSA) is 77.8 Å². The Hall–Kier alpha value is -3.93. The number of carbonyl (C=O) groups is 2. The normalized spacial score (nSPS) is 18.1. The van der Waals surface area contributed by atoms with Gasteiger partial charge in [-0.1, -0.05) is 48.0 Å². The number of carbonyl (C=O) groups excluding carboxylic acids is 2. The van der Waals surface area contributed by atoms with E-state index in [-0.39, 0.29) is 22.6 Å². The number of amides is 1. The lowest BCUT2D eigenvalue weighted by atomic mass is 9.94. The van der Waals surface area contributed by atoms with Gasteiger partial charge in [-0.05, 0) is 37.3 Å². The Labute approximate surface area is 172 Å². The Balaban J connectivity index is 1.96. The molecule has 1 aliphatic rings. The smallest absolute Gasteiger partial charge is 0.300 e. The summed E-state index contributed by atoms with van der Waals surface area (Å²) in [6.07, 6.45) is 0. The number of aryl methyl sites for hydroxylation is 1. The predicted molar refractivity (Wildman–Crippen MR) is 110 cm³/mol. The average Bonchev–Trinajstić information content (AvgIpc) is 3.00. The average molecular weight is 403 g/mol. The Morgan fingerprint density at radius 1 is 0.933 bits per heavy atom. The van der Waals surface area contributed by atoms with Gasteiger partial charge in [0, 0.05) is 16.8 Å². The minimum atomic E-state index is -1.16. The van der Waals surface area contributed by atoms with Crippen LogP contribution < -0.4 is 4.90 Å². The van der Waals surface area contributed by atoms with E-state index in [1.165, 1.54) is 42.5 Å². The van der Waals surface area contributed by atoms with Crippen LogP contribution in [-0.4, -0.2) is 21.9 Å². The second-order valence-corrected chi connectivity index (χ2v) is 7.07. The first-order valence-electron chi connectivity index (χ1n) is 9.30. The lowest BCUT2D eigenvalue weighted by molar-refractivity contribution is -0.132. The summed E-state index contributed by atoms with van der Waals surface area (Å²) >= 11 is 0. The molecule has 5 nitrogen and oxygen atoms in total. The van der Waals surface area contributed by atoms with Crippen molar-refractivity contribution in [2.75, 3.05) is 4.90 Å².